The largest absolute Gasteiger partial charge is 0.491 e. The van der Waals surface area contributed by atoms with E-state index < -0.39 is 17.8 Å². The van der Waals surface area contributed by atoms with Crippen molar-refractivity contribution in [1.82, 2.24) is 25.1 Å². The molecular formula is C36H38ClFN8O4. The number of imide groups is 1. The first kappa shape index (κ1) is 34.7. The van der Waals surface area contributed by atoms with E-state index in [1.54, 1.807) is 18.2 Å². The Labute approximate surface area is 294 Å². The van der Waals surface area contributed by atoms with E-state index in [9.17, 15) is 18.8 Å². The zero-order chi connectivity index (χ0) is 35.0. The summed E-state index contributed by atoms with van der Waals surface area (Å²) in [5, 5.41) is 12.3. The maximum atomic E-state index is 13.7. The number of hydrogen-bond donors (Lipinski definition) is 4. The highest BCUT2D eigenvalue weighted by Gasteiger charge is 2.27. The van der Waals surface area contributed by atoms with Crippen LogP contribution in [0.15, 0.2) is 73.6 Å². The molecule has 2 saturated heterocycles. The van der Waals surface area contributed by atoms with Crippen molar-refractivity contribution < 1.29 is 23.5 Å². The summed E-state index contributed by atoms with van der Waals surface area (Å²) >= 11 is 5.96. The number of nitrogens with one attached hydrogen (secondary N) is 4. The minimum atomic E-state index is -0.525. The fourth-order valence-electron chi connectivity index (χ4n) is 6.00. The Morgan fingerprint density at radius 2 is 1.86 bits per heavy atom. The number of aromatic nitrogens is 2. The van der Waals surface area contributed by atoms with Gasteiger partial charge in [0.25, 0.3) is 0 Å². The van der Waals surface area contributed by atoms with Crippen LogP contribution in [0.25, 0.3) is 10.9 Å². The van der Waals surface area contributed by atoms with Gasteiger partial charge in [-0.2, -0.15) is 0 Å². The maximum Gasteiger partial charge on any atom is 0.249 e. The molecule has 1 unspecified atom stereocenters. The predicted octanol–water partition coefficient (Wildman–Crippen LogP) is 5.09. The third kappa shape index (κ3) is 8.72. The van der Waals surface area contributed by atoms with E-state index in [1.807, 2.05) is 18.2 Å². The van der Waals surface area contributed by atoms with Crippen molar-refractivity contribution in [3.05, 3.63) is 90.0 Å². The van der Waals surface area contributed by atoms with E-state index >= 15 is 0 Å². The number of hydrogen-bond acceptors (Lipinski definition) is 10. The van der Waals surface area contributed by atoms with E-state index in [2.05, 4.69) is 53.7 Å². The Hall–Kier alpha value is -5.11. The number of halogens is 2. The first-order valence-corrected chi connectivity index (χ1v) is 16.8. The van der Waals surface area contributed by atoms with Gasteiger partial charge in [0.05, 0.1) is 22.8 Å². The minimum absolute atomic E-state index is 0.0211. The van der Waals surface area contributed by atoms with E-state index in [0.29, 0.717) is 53.3 Å². The fraction of sp³-hybridized carbons (Fsp3) is 0.306. The second-order valence-electron chi connectivity index (χ2n) is 12.2. The summed E-state index contributed by atoms with van der Waals surface area (Å²) in [4.78, 5) is 49.7. The first-order valence-electron chi connectivity index (χ1n) is 16.5. The van der Waals surface area contributed by atoms with Gasteiger partial charge in [0.15, 0.2) is 0 Å². The van der Waals surface area contributed by atoms with Gasteiger partial charge in [-0.3, -0.25) is 24.6 Å². The number of para-hydroxylation sites is 1. The van der Waals surface area contributed by atoms with Gasteiger partial charge >= 0.3 is 0 Å². The highest BCUT2D eigenvalue weighted by molar-refractivity contribution is 6.31. The molecule has 3 heterocycles. The Balaban J connectivity index is 1.02. The first-order chi connectivity index (χ1) is 24.2. The summed E-state index contributed by atoms with van der Waals surface area (Å²) in [5.41, 5.74) is 3.60. The van der Waals surface area contributed by atoms with Gasteiger partial charge in [0, 0.05) is 68.5 Å². The average Bonchev–Trinajstić information content (AvgIpc) is 3.11. The van der Waals surface area contributed by atoms with Gasteiger partial charge in [-0.25, -0.2) is 14.4 Å². The quantitative estimate of drug-likeness (QED) is 0.0847. The summed E-state index contributed by atoms with van der Waals surface area (Å²) in [6, 6.07) is 15.3. The molecule has 1 aromatic heterocycles. The standard InChI is InChI=1S/C36H38ClFN8O4/c1-2-33(47)43-31-19-25-30(39-22-40-35(25)41-24-8-9-27(38)26(37)18-24)20-32(31)50-17-5-12-45-13-15-46(16-14-45)21-23-6-3-4-7-28(23)42-29-10-11-34(48)44-36(29)49/h2-4,6-9,18-20,22,29,42H,1,5,10-17,21H2,(H,43,47)(H,39,40,41)(H,44,48,49). The molecule has 0 bridgehead atoms. The average molecular weight is 701 g/mol. The van der Waals surface area contributed by atoms with Crippen LogP contribution in [0.1, 0.15) is 24.8 Å². The molecule has 0 radical (unpaired) electrons. The van der Waals surface area contributed by atoms with E-state index in [4.69, 9.17) is 16.3 Å². The van der Waals surface area contributed by atoms with Crippen LogP contribution in [0.3, 0.4) is 0 Å². The third-order valence-electron chi connectivity index (χ3n) is 8.68. The number of nitrogens with zero attached hydrogens (tertiary/aromatic N) is 4. The van der Waals surface area contributed by atoms with Gasteiger partial charge in [0.2, 0.25) is 17.7 Å². The molecule has 2 aliphatic rings. The molecule has 4 aromatic rings. The number of carbonyl (C=O) groups excluding carboxylic acids is 3. The lowest BCUT2D eigenvalue weighted by Crippen LogP contribution is -2.48. The van der Waals surface area contributed by atoms with Crippen LogP contribution < -0.4 is 26.0 Å². The molecule has 0 aliphatic carbocycles. The van der Waals surface area contributed by atoms with Crippen molar-refractivity contribution in [3.8, 4) is 5.75 Å². The highest BCUT2D eigenvalue weighted by atomic mass is 35.5. The summed E-state index contributed by atoms with van der Waals surface area (Å²) < 4.78 is 19.9. The minimum Gasteiger partial charge on any atom is -0.491 e. The lowest BCUT2D eigenvalue weighted by molar-refractivity contribution is -0.133. The molecular weight excluding hydrogens is 663 g/mol. The molecule has 3 aromatic carbocycles. The number of ether oxygens (including phenoxy) is 1. The number of rotatable bonds is 13. The van der Waals surface area contributed by atoms with E-state index in [1.165, 1.54) is 24.5 Å². The van der Waals surface area contributed by atoms with Crippen molar-refractivity contribution in [3.63, 3.8) is 0 Å². The number of anilines is 4. The van der Waals surface area contributed by atoms with Crippen molar-refractivity contribution >= 4 is 63.1 Å². The van der Waals surface area contributed by atoms with Gasteiger partial charge in [-0.1, -0.05) is 36.4 Å². The van der Waals surface area contributed by atoms with Crippen molar-refractivity contribution in [2.24, 2.45) is 0 Å². The highest BCUT2D eigenvalue weighted by Crippen LogP contribution is 2.34. The topological polar surface area (TPSA) is 141 Å². The molecule has 12 nitrogen and oxygen atoms in total. The van der Waals surface area contributed by atoms with Crippen molar-refractivity contribution in [2.75, 3.05) is 55.3 Å². The van der Waals surface area contributed by atoms with Crippen LogP contribution in [0.4, 0.5) is 27.3 Å². The number of piperidine rings is 1. The Kier molecular flexibility index (Phi) is 11.2. The molecule has 0 spiro atoms. The van der Waals surface area contributed by atoms with Crippen LogP contribution >= 0.6 is 11.6 Å². The van der Waals surface area contributed by atoms with E-state index in [0.717, 1.165) is 56.9 Å². The summed E-state index contributed by atoms with van der Waals surface area (Å²) in [6.07, 6.45) is 4.18. The number of carbonyl (C=O) groups is 3. The molecule has 50 heavy (non-hydrogen) atoms. The van der Waals surface area contributed by atoms with Crippen molar-refractivity contribution in [2.45, 2.75) is 31.8 Å². The molecule has 260 valence electrons. The number of benzene rings is 3. The zero-order valence-electron chi connectivity index (χ0n) is 27.4. The number of piperazine rings is 1. The van der Waals surface area contributed by atoms with Crippen molar-refractivity contribution in [1.29, 1.82) is 0 Å². The van der Waals surface area contributed by atoms with Crippen LogP contribution in [0, 0.1) is 5.82 Å². The zero-order valence-corrected chi connectivity index (χ0v) is 28.1. The van der Waals surface area contributed by atoms with Gasteiger partial charge in [0.1, 0.15) is 29.8 Å². The van der Waals surface area contributed by atoms with E-state index in [-0.39, 0.29) is 16.8 Å². The second-order valence-corrected chi connectivity index (χ2v) is 12.6. The molecule has 4 N–H and O–H groups in total. The lowest BCUT2D eigenvalue weighted by atomic mass is 10.0. The Morgan fingerprint density at radius 3 is 2.64 bits per heavy atom. The van der Waals surface area contributed by atoms with Crippen LogP contribution in [0.5, 0.6) is 5.75 Å². The summed E-state index contributed by atoms with van der Waals surface area (Å²) in [7, 11) is 0. The van der Waals surface area contributed by atoms with Gasteiger partial charge < -0.3 is 25.6 Å². The molecule has 0 saturated carbocycles. The maximum absolute atomic E-state index is 13.7. The van der Waals surface area contributed by atoms with Crippen LogP contribution in [0.2, 0.25) is 5.02 Å². The molecule has 2 aliphatic heterocycles. The third-order valence-corrected chi connectivity index (χ3v) is 8.97. The molecule has 2 fully saturated rings. The summed E-state index contributed by atoms with van der Waals surface area (Å²) in [5.74, 6) is -0.503. The lowest BCUT2D eigenvalue weighted by Gasteiger charge is -2.35. The normalized spacial score (nSPS) is 16.9. The SMILES string of the molecule is C=CC(=O)Nc1cc2c(Nc3ccc(F)c(Cl)c3)ncnc2cc1OCCCN1CCN(Cc2ccccc2NC2CCC(=O)NC2=O)CC1. The Bertz CT molecular complexity index is 1900. The Morgan fingerprint density at radius 1 is 1.06 bits per heavy atom. The van der Waals surface area contributed by atoms with Gasteiger partial charge in [-0.05, 0) is 54.8 Å². The number of fused-ring (bicyclic) bond motifs is 1. The predicted molar refractivity (Wildman–Crippen MR) is 191 cm³/mol. The fourth-order valence-corrected chi connectivity index (χ4v) is 6.18. The number of amides is 3. The molecule has 14 heteroatoms. The second kappa shape index (κ2) is 16.1. The smallest absolute Gasteiger partial charge is 0.249 e. The molecule has 1 atom stereocenters. The van der Waals surface area contributed by atoms with Crippen LogP contribution in [-0.4, -0.2) is 82.9 Å². The van der Waals surface area contributed by atoms with Gasteiger partial charge in [-0.15, -0.1) is 0 Å². The monoisotopic (exact) mass is 700 g/mol. The van der Waals surface area contributed by atoms with Crippen LogP contribution in [-0.2, 0) is 20.9 Å². The summed E-state index contributed by atoms with van der Waals surface area (Å²) in [6.45, 7) is 9.20. The molecule has 3 amide bonds. The molecule has 6 rings (SSSR count).